The lowest BCUT2D eigenvalue weighted by Gasteiger charge is -2.32. The average Bonchev–Trinajstić information content (AvgIpc) is 2.88. The molecule has 2 aliphatic rings. The van der Waals surface area contributed by atoms with E-state index in [-0.39, 0.29) is 28.3 Å². The quantitative estimate of drug-likeness (QED) is 0.227. The highest BCUT2D eigenvalue weighted by Gasteiger charge is 2.17. The molecule has 0 aliphatic carbocycles. The van der Waals surface area contributed by atoms with Crippen molar-refractivity contribution in [1.82, 2.24) is 20.0 Å². The monoisotopic (exact) mass is 516 g/mol. The molecular formula is C24H36N8O5. The number of nitrogens with two attached hydrogens (primary N) is 2. The van der Waals surface area contributed by atoms with Crippen LogP contribution in [0, 0.1) is 20.2 Å². The lowest BCUT2D eigenvalue weighted by atomic mass is 10.1. The summed E-state index contributed by atoms with van der Waals surface area (Å²) in [7, 11) is 4.26. The first-order chi connectivity index (χ1) is 17.6. The summed E-state index contributed by atoms with van der Waals surface area (Å²) in [5, 5.41) is 24.4. The number of nitrogens with zero attached hydrogens (tertiary/aromatic N) is 5. The number of carbonyl (C=O) groups is 1. The highest BCUT2D eigenvalue weighted by molar-refractivity contribution is 5.78. The first kappa shape index (κ1) is 29.6. The Hall–Kier alpha value is -3.65. The van der Waals surface area contributed by atoms with Gasteiger partial charge in [-0.25, -0.2) is 0 Å². The van der Waals surface area contributed by atoms with Crippen LogP contribution in [-0.2, 0) is 6.54 Å². The molecule has 0 saturated carbocycles. The number of benzene rings is 2. The Labute approximate surface area is 216 Å². The molecular weight excluding hydrogens is 480 g/mol. The molecule has 2 fully saturated rings. The van der Waals surface area contributed by atoms with Gasteiger partial charge in [0, 0.05) is 76.6 Å². The van der Waals surface area contributed by atoms with Crippen molar-refractivity contribution in [2.75, 3.05) is 77.9 Å². The smallest absolute Gasteiger partial charge is 0.292 e. The van der Waals surface area contributed by atoms with Gasteiger partial charge in [-0.3, -0.25) is 29.9 Å². The highest BCUT2D eigenvalue weighted by Crippen LogP contribution is 2.23. The topological polar surface area (TPSA) is 177 Å². The van der Waals surface area contributed by atoms with E-state index in [1.54, 1.807) is 12.1 Å². The number of aldehydes is 1. The normalized spacial score (nSPS) is 16.5. The van der Waals surface area contributed by atoms with Crippen LogP contribution in [0.3, 0.4) is 0 Å². The van der Waals surface area contributed by atoms with Crippen LogP contribution in [0.5, 0.6) is 0 Å². The zero-order valence-corrected chi connectivity index (χ0v) is 21.3. The Morgan fingerprint density at radius 2 is 1.35 bits per heavy atom. The molecule has 2 saturated heterocycles. The second-order valence-electron chi connectivity index (χ2n) is 8.98. The minimum absolute atomic E-state index is 0.00151. The van der Waals surface area contributed by atoms with Gasteiger partial charge in [-0.05, 0) is 37.9 Å². The number of nitro benzene ring substituents is 2. The fourth-order valence-corrected chi connectivity index (χ4v) is 3.68. The number of carbonyl (C=O) groups excluding carboxylic acids is 1. The Kier molecular flexibility index (Phi) is 11.8. The fraction of sp³-hybridized carbons (Fsp3) is 0.458. The number of rotatable bonds is 5. The molecule has 0 radical (unpaired) electrons. The molecule has 2 aliphatic heterocycles. The number of nitro groups is 2. The maximum atomic E-state index is 10.8. The van der Waals surface area contributed by atoms with Gasteiger partial charge in [0.25, 0.3) is 11.4 Å². The summed E-state index contributed by atoms with van der Waals surface area (Å²) in [6, 6.07) is 8.96. The minimum atomic E-state index is -0.623. The first-order valence-corrected chi connectivity index (χ1v) is 11.9. The van der Waals surface area contributed by atoms with Crippen molar-refractivity contribution >= 4 is 29.0 Å². The van der Waals surface area contributed by atoms with Gasteiger partial charge in [-0.2, -0.15) is 0 Å². The summed E-state index contributed by atoms with van der Waals surface area (Å²) in [6.07, 6.45) is 0.534. The molecule has 37 heavy (non-hydrogen) atoms. The number of hydrogen-bond acceptors (Lipinski definition) is 11. The van der Waals surface area contributed by atoms with E-state index >= 15 is 0 Å². The van der Waals surface area contributed by atoms with Gasteiger partial charge in [0.15, 0.2) is 0 Å². The second-order valence-corrected chi connectivity index (χ2v) is 8.98. The van der Waals surface area contributed by atoms with Crippen molar-refractivity contribution in [2.45, 2.75) is 6.54 Å². The van der Waals surface area contributed by atoms with Gasteiger partial charge in [0.1, 0.15) is 17.7 Å². The minimum Gasteiger partial charge on any atom is -0.393 e. The third kappa shape index (κ3) is 10.1. The molecule has 13 nitrogen and oxygen atoms in total. The first-order valence-electron chi connectivity index (χ1n) is 11.9. The Balaban J connectivity index is 0.000000217. The third-order valence-electron chi connectivity index (χ3n) is 6.02. The molecule has 13 heteroatoms. The average molecular weight is 517 g/mol. The number of hydrogen-bond donors (Lipinski definition) is 3. The summed E-state index contributed by atoms with van der Waals surface area (Å²) in [5.74, 6) is 0. The van der Waals surface area contributed by atoms with Gasteiger partial charge < -0.3 is 26.6 Å². The van der Waals surface area contributed by atoms with Crippen LogP contribution >= 0.6 is 0 Å². The number of piperazine rings is 2. The molecule has 0 spiro atoms. The Bertz CT molecular complexity index is 1050. The molecule has 0 atom stereocenters. The number of nitrogen functional groups attached to an aromatic ring is 2. The summed E-state index contributed by atoms with van der Waals surface area (Å²) in [6.45, 7) is 9.55. The van der Waals surface area contributed by atoms with E-state index in [1.807, 2.05) is 6.07 Å². The number of anilines is 2. The Morgan fingerprint density at radius 1 is 0.838 bits per heavy atom. The summed E-state index contributed by atoms with van der Waals surface area (Å²) in [5.41, 5.74) is 12.1. The van der Waals surface area contributed by atoms with Crippen molar-refractivity contribution < 1.29 is 14.6 Å². The van der Waals surface area contributed by atoms with E-state index in [1.165, 1.54) is 25.2 Å². The highest BCUT2D eigenvalue weighted by atomic mass is 16.6. The molecule has 5 N–H and O–H groups in total. The van der Waals surface area contributed by atoms with Crippen molar-refractivity contribution in [3.05, 3.63) is 67.8 Å². The molecule has 0 aromatic heterocycles. The maximum Gasteiger partial charge on any atom is 0.292 e. The predicted octanol–water partition coefficient (Wildman–Crippen LogP) is 1.44. The van der Waals surface area contributed by atoms with E-state index in [0.29, 0.717) is 6.29 Å². The van der Waals surface area contributed by atoms with E-state index in [0.717, 1.165) is 57.4 Å². The predicted molar refractivity (Wildman–Crippen MR) is 144 cm³/mol. The summed E-state index contributed by atoms with van der Waals surface area (Å²) in [4.78, 5) is 37.2. The summed E-state index contributed by atoms with van der Waals surface area (Å²) < 4.78 is 0. The van der Waals surface area contributed by atoms with E-state index in [2.05, 4.69) is 34.1 Å². The van der Waals surface area contributed by atoms with Crippen molar-refractivity contribution in [1.29, 1.82) is 0 Å². The zero-order valence-electron chi connectivity index (χ0n) is 21.3. The lowest BCUT2D eigenvalue weighted by molar-refractivity contribution is -0.384. The molecule has 202 valence electrons. The zero-order chi connectivity index (χ0) is 27.4. The standard InChI is InChI=1S/C12H18N4O2.C7H6N2O3.C5H12N2/c1-14-4-6-15(7-5-14)9-10-2-3-11(13)12(8-10)16(17)18;8-6-2-1-5(4-10)3-7(6)9(11)12;1-7-4-2-6-3-5-7/h2-3,8H,4-7,9,13H2,1H3;1-4H,8H2;6H,2-5H2,1H3. The van der Waals surface area contributed by atoms with Crippen LogP contribution in [0.15, 0.2) is 36.4 Å². The number of nitrogens with one attached hydrogen (secondary N) is 1. The van der Waals surface area contributed by atoms with E-state index < -0.39 is 9.85 Å². The van der Waals surface area contributed by atoms with Crippen LogP contribution in [0.1, 0.15) is 15.9 Å². The van der Waals surface area contributed by atoms with Gasteiger partial charge in [-0.1, -0.05) is 6.07 Å². The molecule has 2 heterocycles. The van der Waals surface area contributed by atoms with Gasteiger partial charge >= 0.3 is 0 Å². The maximum absolute atomic E-state index is 10.8. The van der Waals surface area contributed by atoms with Crippen molar-refractivity contribution in [3.63, 3.8) is 0 Å². The van der Waals surface area contributed by atoms with E-state index in [4.69, 9.17) is 11.5 Å². The lowest BCUT2D eigenvalue weighted by Crippen LogP contribution is -2.43. The largest absolute Gasteiger partial charge is 0.393 e. The van der Waals surface area contributed by atoms with E-state index in [9.17, 15) is 25.0 Å². The van der Waals surface area contributed by atoms with Gasteiger partial charge in [-0.15, -0.1) is 0 Å². The van der Waals surface area contributed by atoms with Crippen molar-refractivity contribution in [3.8, 4) is 0 Å². The Morgan fingerprint density at radius 3 is 1.84 bits per heavy atom. The molecule has 4 rings (SSSR count). The third-order valence-corrected chi connectivity index (χ3v) is 6.02. The van der Waals surface area contributed by atoms with Crippen LogP contribution in [0.4, 0.5) is 22.7 Å². The molecule has 0 unspecified atom stereocenters. The van der Waals surface area contributed by atoms with Crippen LogP contribution < -0.4 is 16.8 Å². The SMILES string of the molecule is CN1CCN(Cc2ccc(N)c([N+](=O)[O-])c2)CC1.CN1CCNCC1.Nc1ccc(C=O)cc1[N+](=O)[O-]. The van der Waals surface area contributed by atoms with Crippen LogP contribution in [0.2, 0.25) is 0 Å². The second kappa shape index (κ2) is 14.8. The number of likely N-dealkylation sites (N-methyl/N-ethyl adjacent to an activating group) is 2. The van der Waals surface area contributed by atoms with Crippen molar-refractivity contribution in [2.24, 2.45) is 0 Å². The van der Waals surface area contributed by atoms with Crippen LogP contribution in [-0.4, -0.2) is 97.3 Å². The molecule has 2 aromatic carbocycles. The van der Waals surface area contributed by atoms with Gasteiger partial charge in [0.05, 0.1) is 9.85 Å². The molecule has 0 bridgehead atoms. The summed E-state index contributed by atoms with van der Waals surface area (Å²) >= 11 is 0. The fourth-order valence-electron chi connectivity index (χ4n) is 3.68. The van der Waals surface area contributed by atoms with Gasteiger partial charge in [0.2, 0.25) is 0 Å². The molecule has 2 aromatic rings. The molecule has 0 amide bonds. The van der Waals surface area contributed by atoms with Crippen LogP contribution in [0.25, 0.3) is 0 Å².